The maximum atomic E-state index is 12.4. The lowest BCUT2D eigenvalue weighted by atomic mass is 9.97. The molecule has 3 rings (SSSR count). The SMILES string of the molecule is O=C1CCCCC[C@H]1CN(Cc1ccccc1)Cc1ccccc1. The van der Waals surface area contributed by atoms with E-state index in [0.29, 0.717) is 5.78 Å². The van der Waals surface area contributed by atoms with Crippen LogP contribution in [-0.4, -0.2) is 17.2 Å². The summed E-state index contributed by atoms with van der Waals surface area (Å²) >= 11 is 0. The van der Waals surface area contributed by atoms with Crippen LogP contribution in [0.25, 0.3) is 0 Å². The molecule has 0 amide bonds. The van der Waals surface area contributed by atoms with Gasteiger partial charge in [-0.25, -0.2) is 0 Å². The van der Waals surface area contributed by atoms with Gasteiger partial charge in [0, 0.05) is 32.0 Å². The van der Waals surface area contributed by atoms with Gasteiger partial charge in [-0.05, 0) is 24.0 Å². The van der Waals surface area contributed by atoms with Gasteiger partial charge in [0.15, 0.2) is 0 Å². The number of hydrogen-bond acceptors (Lipinski definition) is 2. The van der Waals surface area contributed by atoms with E-state index in [4.69, 9.17) is 0 Å². The molecule has 2 aromatic rings. The van der Waals surface area contributed by atoms with E-state index in [2.05, 4.69) is 65.6 Å². The van der Waals surface area contributed by atoms with Crippen LogP contribution in [0.4, 0.5) is 0 Å². The molecule has 0 unspecified atom stereocenters. The number of rotatable bonds is 6. The molecule has 0 aromatic heterocycles. The van der Waals surface area contributed by atoms with E-state index in [0.717, 1.165) is 38.9 Å². The Morgan fingerprint density at radius 3 is 1.96 bits per heavy atom. The van der Waals surface area contributed by atoms with Crippen molar-refractivity contribution in [1.29, 1.82) is 0 Å². The highest BCUT2D eigenvalue weighted by atomic mass is 16.1. The van der Waals surface area contributed by atoms with Crippen molar-refractivity contribution < 1.29 is 4.79 Å². The molecule has 0 bridgehead atoms. The van der Waals surface area contributed by atoms with Gasteiger partial charge in [-0.1, -0.05) is 73.5 Å². The van der Waals surface area contributed by atoms with Crippen LogP contribution in [0.1, 0.15) is 43.2 Å². The lowest BCUT2D eigenvalue weighted by molar-refractivity contribution is -0.123. The van der Waals surface area contributed by atoms with Gasteiger partial charge in [-0.15, -0.1) is 0 Å². The first-order chi connectivity index (χ1) is 11.8. The molecule has 2 aromatic carbocycles. The molecule has 0 spiro atoms. The van der Waals surface area contributed by atoms with E-state index in [1.54, 1.807) is 0 Å². The highest BCUT2D eigenvalue weighted by molar-refractivity contribution is 5.81. The van der Waals surface area contributed by atoms with Crippen LogP contribution in [0, 0.1) is 5.92 Å². The summed E-state index contributed by atoms with van der Waals surface area (Å²) in [5.74, 6) is 0.679. The minimum absolute atomic E-state index is 0.208. The molecule has 1 aliphatic carbocycles. The predicted molar refractivity (Wildman–Crippen MR) is 98.6 cm³/mol. The van der Waals surface area contributed by atoms with Gasteiger partial charge >= 0.3 is 0 Å². The Labute approximate surface area is 145 Å². The molecule has 1 fully saturated rings. The van der Waals surface area contributed by atoms with Crippen molar-refractivity contribution in [1.82, 2.24) is 4.90 Å². The highest BCUT2D eigenvalue weighted by Crippen LogP contribution is 2.22. The fourth-order valence-electron chi connectivity index (χ4n) is 3.60. The maximum absolute atomic E-state index is 12.4. The second kappa shape index (κ2) is 8.79. The van der Waals surface area contributed by atoms with Gasteiger partial charge < -0.3 is 0 Å². The van der Waals surface area contributed by atoms with Crippen molar-refractivity contribution in [3.63, 3.8) is 0 Å². The Hall–Kier alpha value is -1.93. The van der Waals surface area contributed by atoms with Crippen LogP contribution < -0.4 is 0 Å². The largest absolute Gasteiger partial charge is 0.299 e. The number of benzene rings is 2. The first kappa shape index (κ1) is 16.9. The minimum Gasteiger partial charge on any atom is -0.299 e. The molecule has 2 heteroatoms. The topological polar surface area (TPSA) is 20.3 Å². The Kier molecular flexibility index (Phi) is 6.20. The first-order valence-electron chi connectivity index (χ1n) is 9.14. The van der Waals surface area contributed by atoms with Crippen LogP contribution in [0.15, 0.2) is 60.7 Å². The zero-order valence-corrected chi connectivity index (χ0v) is 14.4. The minimum atomic E-state index is 0.208. The number of carbonyl (C=O) groups excluding carboxylic acids is 1. The van der Waals surface area contributed by atoms with Crippen molar-refractivity contribution in [2.75, 3.05) is 6.54 Å². The smallest absolute Gasteiger partial charge is 0.137 e. The zero-order chi connectivity index (χ0) is 16.6. The average Bonchev–Trinajstić information content (AvgIpc) is 2.81. The number of ketones is 1. The normalized spacial score (nSPS) is 18.5. The van der Waals surface area contributed by atoms with Gasteiger partial charge in [0.2, 0.25) is 0 Å². The van der Waals surface area contributed by atoms with Crippen LogP contribution in [0.5, 0.6) is 0 Å². The van der Waals surface area contributed by atoms with Crippen LogP contribution in [-0.2, 0) is 17.9 Å². The lowest BCUT2D eigenvalue weighted by Gasteiger charge is -2.26. The number of hydrogen-bond donors (Lipinski definition) is 0. The van der Waals surface area contributed by atoms with E-state index in [9.17, 15) is 4.79 Å². The number of nitrogens with zero attached hydrogens (tertiary/aromatic N) is 1. The second-order valence-corrected chi connectivity index (χ2v) is 6.90. The fraction of sp³-hybridized carbons (Fsp3) is 0.409. The number of carbonyl (C=O) groups is 1. The van der Waals surface area contributed by atoms with Crippen molar-refractivity contribution in [2.45, 2.75) is 45.2 Å². The van der Waals surface area contributed by atoms with E-state index in [-0.39, 0.29) is 5.92 Å². The third-order valence-corrected chi connectivity index (χ3v) is 4.91. The van der Waals surface area contributed by atoms with Crippen molar-refractivity contribution in [3.8, 4) is 0 Å². The molecule has 0 N–H and O–H groups in total. The summed E-state index contributed by atoms with van der Waals surface area (Å²) in [6, 6.07) is 21.2. The van der Waals surface area contributed by atoms with Crippen LogP contribution >= 0.6 is 0 Å². The van der Waals surface area contributed by atoms with Crippen molar-refractivity contribution in [3.05, 3.63) is 71.8 Å². The molecule has 0 heterocycles. The molecule has 24 heavy (non-hydrogen) atoms. The standard InChI is InChI=1S/C22H27NO/c24-22-15-9-3-8-14-21(22)18-23(16-19-10-4-1-5-11-19)17-20-12-6-2-7-13-20/h1-2,4-7,10-13,21H,3,8-9,14-18H2/t21-/m0/s1. The van der Waals surface area contributed by atoms with Crippen molar-refractivity contribution >= 4 is 5.78 Å². The quantitative estimate of drug-likeness (QED) is 0.710. The van der Waals surface area contributed by atoms with Gasteiger partial charge in [0.05, 0.1) is 0 Å². The van der Waals surface area contributed by atoms with E-state index < -0.39 is 0 Å². The number of Topliss-reactive ketones (excluding diaryl/α,β-unsaturated/α-hetero) is 1. The summed E-state index contributed by atoms with van der Waals surface area (Å²) in [5, 5.41) is 0. The van der Waals surface area contributed by atoms with Gasteiger partial charge in [0.25, 0.3) is 0 Å². The summed E-state index contributed by atoms with van der Waals surface area (Å²) in [6.45, 7) is 2.68. The summed E-state index contributed by atoms with van der Waals surface area (Å²) in [4.78, 5) is 14.9. The monoisotopic (exact) mass is 321 g/mol. The lowest BCUT2D eigenvalue weighted by Crippen LogP contribution is -2.32. The fourth-order valence-corrected chi connectivity index (χ4v) is 3.60. The van der Waals surface area contributed by atoms with E-state index in [1.807, 2.05) is 0 Å². The molecule has 1 aliphatic rings. The Morgan fingerprint density at radius 2 is 1.38 bits per heavy atom. The second-order valence-electron chi connectivity index (χ2n) is 6.90. The van der Waals surface area contributed by atoms with Crippen molar-refractivity contribution in [2.24, 2.45) is 5.92 Å². The molecule has 0 radical (unpaired) electrons. The molecule has 0 saturated heterocycles. The molecular formula is C22H27NO. The highest BCUT2D eigenvalue weighted by Gasteiger charge is 2.23. The summed E-state index contributed by atoms with van der Waals surface area (Å²) < 4.78 is 0. The molecule has 1 atom stereocenters. The van der Waals surface area contributed by atoms with Crippen LogP contribution in [0.2, 0.25) is 0 Å². The molecule has 126 valence electrons. The van der Waals surface area contributed by atoms with E-state index >= 15 is 0 Å². The van der Waals surface area contributed by atoms with Gasteiger partial charge in [0.1, 0.15) is 5.78 Å². The molecule has 0 aliphatic heterocycles. The summed E-state index contributed by atoms with van der Waals surface area (Å²) in [7, 11) is 0. The first-order valence-corrected chi connectivity index (χ1v) is 9.14. The average molecular weight is 321 g/mol. The molecular weight excluding hydrogens is 294 g/mol. The third kappa shape index (κ3) is 5.04. The molecule has 2 nitrogen and oxygen atoms in total. The summed E-state index contributed by atoms with van der Waals surface area (Å²) in [5.41, 5.74) is 2.63. The van der Waals surface area contributed by atoms with Gasteiger partial charge in [-0.2, -0.15) is 0 Å². The Morgan fingerprint density at radius 1 is 0.792 bits per heavy atom. The predicted octanol–water partition coefficient (Wildman–Crippen LogP) is 4.84. The molecule has 1 saturated carbocycles. The van der Waals surface area contributed by atoms with Crippen LogP contribution in [0.3, 0.4) is 0 Å². The Balaban J connectivity index is 1.72. The zero-order valence-electron chi connectivity index (χ0n) is 14.4. The maximum Gasteiger partial charge on any atom is 0.137 e. The van der Waals surface area contributed by atoms with Gasteiger partial charge in [-0.3, -0.25) is 9.69 Å². The Bertz CT molecular complexity index is 581. The third-order valence-electron chi connectivity index (χ3n) is 4.91. The summed E-state index contributed by atoms with van der Waals surface area (Å²) in [6.07, 6.45) is 5.31. The van der Waals surface area contributed by atoms with E-state index in [1.165, 1.54) is 24.0 Å².